The number of amides is 1. The molecule has 4 heteroatoms. The number of methoxy groups -OCH3 is 1. The zero-order valence-corrected chi connectivity index (χ0v) is 12.3. The Balaban J connectivity index is 2.10. The highest BCUT2D eigenvalue weighted by Crippen LogP contribution is 2.42. The first kappa shape index (κ1) is 14.2. The van der Waals surface area contributed by atoms with Crippen molar-refractivity contribution in [2.45, 2.75) is 18.4 Å². The Labute approximate surface area is 129 Å². The highest BCUT2D eigenvalue weighted by molar-refractivity contribution is 5.98. The van der Waals surface area contributed by atoms with E-state index in [0.717, 1.165) is 11.3 Å². The lowest BCUT2D eigenvalue weighted by molar-refractivity contribution is -0.117. The molecule has 110 valence electrons. The van der Waals surface area contributed by atoms with Crippen LogP contribution in [0, 0.1) is 11.3 Å². The lowest BCUT2D eigenvalue weighted by Gasteiger charge is -2.33. The van der Waals surface area contributed by atoms with Gasteiger partial charge in [-0.1, -0.05) is 30.3 Å². The Morgan fingerprint density at radius 1 is 1.14 bits per heavy atom. The molecule has 0 spiro atoms. The van der Waals surface area contributed by atoms with Crippen molar-refractivity contribution in [3.8, 4) is 11.8 Å². The van der Waals surface area contributed by atoms with Gasteiger partial charge in [-0.25, -0.2) is 0 Å². The van der Waals surface area contributed by atoms with Gasteiger partial charge in [0.25, 0.3) is 0 Å². The standard InChI is InChI=1S/C18H16N2O2/c1-22-16-9-7-15(8-10-16)20-17(21)11-12-18(20,13-19)14-5-3-2-4-6-14/h2-10H,11-12H2,1H3/t18-/m0/s1. The summed E-state index contributed by atoms with van der Waals surface area (Å²) in [6.45, 7) is 0. The van der Waals surface area contributed by atoms with Gasteiger partial charge < -0.3 is 4.74 Å². The Morgan fingerprint density at radius 3 is 2.41 bits per heavy atom. The Hall–Kier alpha value is -2.80. The van der Waals surface area contributed by atoms with Crippen LogP contribution in [0.2, 0.25) is 0 Å². The molecular weight excluding hydrogens is 276 g/mol. The highest BCUT2D eigenvalue weighted by Gasteiger charge is 2.48. The summed E-state index contributed by atoms with van der Waals surface area (Å²) in [4.78, 5) is 14.0. The number of benzene rings is 2. The van der Waals surface area contributed by atoms with Gasteiger partial charge >= 0.3 is 0 Å². The third-order valence-electron chi connectivity index (χ3n) is 4.10. The molecule has 1 amide bonds. The van der Waals surface area contributed by atoms with Crippen molar-refractivity contribution in [2.75, 3.05) is 12.0 Å². The van der Waals surface area contributed by atoms with E-state index in [9.17, 15) is 10.1 Å². The number of ether oxygens (including phenoxy) is 1. The lowest BCUT2D eigenvalue weighted by atomic mass is 9.88. The molecule has 0 aromatic heterocycles. The fraction of sp³-hybridized carbons (Fsp3) is 0.222. The van der Waals surface area contributed by atoms with Crippen LogP contribution in [-0.4, -0.2) is 13.0 Å². The van der Waals surface area contributed by atoms with Crippen molar-refractivity contribution in [2.24, 2.45) is 0 Å². The first-order valence-corrected chi connectivity index (χ1v) is 7.15. The summed E-state index contributed by atoms with van der Waals surface area (Å²) >= 11 is 0. The number of nitriles is 1. The zero-order chi connectivity index (χ0) is 15.6. The average molecular weight is 292 g/mol. The maximum atomic E-state index is 12.4. The smallest absolute Gasteiger partial charge is 0.228 e. The summed E-state index contributed by atoms with van der Waals surface area (Å²) < 4.78 is 5.15. The van der Waals surface area contributed by atoms with Crippen LogP contribution in [0.15, 0.2) is 54.6 Å². The quantitative estimate of drug-likeness (QED) is 0.872. The largest absolute Gasteiger partial charge is 0.497 e. The molecule has 0 unspecified atom stereocenters. The minimum atomic E-state index is -0.938. The second-order valence-electron chi connectivity index (χ2n) is 5.27. The number of rotatable bonds is 3. The van der Waals surface area contributed by atoms with Crippen molar-refractivity contribution in [3.05, 3.63) is 60.2 Å². The summed E-state index contributed by atoms with van der Waals surface area (Å²) in [5.41, 5.74) is 0.625. The van der Waals surface area contributed by atoms with Gasteiger partial charge in [0.05, 0.1) is 13.2 Å². The fourth-order valence-electron chi connectivity index (χ4n) is 2.98. The summed E-state index contributed by atoms with van der Waals surface area (Å²) in [5.74, 6) is 0.688. The highest BCUT2D eigenvalue weighted by atomic mass is 16.5. The molecular formula is C18H16N2O2. The van der Waals surface area contributed by atoms with Gasteiger partial charge in [0.2, 0.25) is 5.91 Å². The van der Waals surface area contributed by atoms with Crippen molar-refractivity contribution >= 4 is 11.6 Å². The van der Waals surface area contributed by atoms with E-state index in [2.05, 4.69) is 6.07 Å². The summed E-state index contributed by atoms with van der Waals surface area (Å²) in [6.07, 6.45) is 0.868. The Morgan fingerprint density at radius 2 is 1.82 bits per heavy atom. The molecule has 1 atom stereocenters. The molecule has 0 radical (unpaired) electrons. The zero-order valence-electron chi connectivity index (χ0n) is 12.3. The minimum Gasteiger partial charge on any atom is -0.497 e. The molecule has 1 heterocycles. The van der Waals surface area contributed by atoms with E-state index < -0.39 is 5.54 Å². The topological polar surface area (TPSA) is 53.3 Å². The second kappa shape index (κ2) is 5.53. The van der Waals surface area contributed by atoms with Gasteiger partial charge in [0.15, 0.2) is 5.54 Å². The van der Waals surface area contributed by atoms with E-state index in [0.29, 0.717) is 18.5 Å². The first-order valence-electron chi connectivity index (χ1n) is 7.15. The number of hydrogen-bond acceptors (Lipinski definition) is 3. The molecule has 1 aliphatic rings. The van der Waals surface area contributed by atoms with Crippen molar-refractivity contribution in [3.63, 3.8) is 0 Å². The maximum absolute atomic E-state index is 12.4. The normalized spacial score (nSPS) is 20.7. The van der Waals surface area contributed by atoms with Crippen LogP contribution in [0.5, 0.6) is 5.75 Å². The summed E-state index contributed by atoms with van der Waals surface area (Å²) in [7, 11) is 1.60. The number of nitrogens with zero attached hydrogens (tertiary/aromatic N) is 2. The van der Waals surface area contributed by atoms with Crippen LogP contribution in [-0.2, 0) is 10.3 Å². The number of hydrogen-bond donors (Lipinski definition) is 0. The first-order chi connectivity index (χ1) is 10.7. The van der Waals surface area contributed by atoms with Crippen LogP contribution in [0.4, 0.5) is 5.69 Å². The maximum Gasteiger partial charge on any atom is 0.228 e. The van der Waals surface area contributed by atoms with E-state index in [-0.39, 0.29) is 5.91 Å². The molecule has 1 saturated heterocycles. The summed E-state index contributed by atoms with van der Waals surface area (Å²) in [6, 6.07) is 19.1. The van der Waals surface area contributed by atoms with Gasteiger partial charge in [-0.3, -0.25) is 9.69 Å². The fourth-order valence-corrected chi connectivity index (χ4v) is 2.98. The van der Waals surface area contributed by atoms with Crippen LogP contribution in [0.3, 0.4) is 0 Å². The number of anilines is 1. The van der Waals surface area contributed by atoms with Gasteiger partial charge in [-0.05, 0) is 36.2 Å². The van der Waals surface area contributed by atoms with Gasteiger partial charge in [-0.2, -0.15) is 5.26 Å². The van der Waals surface area contributed by atoms with Crippen molar-refractivity contribution in [1.82, 2.24) is 0 Å². The third-order valence-corrected chi connectivity index (χ3v) is 4.10. The van der Waals surface area contributed by atoms with Crippen LogP contribution in [0.25, 0.3) is 0 Å². The predicted molar refractivity (Wildman–Crippen MR) is 83.4 cm³/mol. The summed E-state index contributed by atoms with van der Waals surface area (Å²) in [5, 5.41) is 9.85. The van der Waals surface area contributed by atoms with E-state index in [4.69, 9.17) is 4.74 Å². The van der Waals surface area contributed by atoms with E-state index in [1.807, 2.05) is 42.5 Å². The predicted octanol–water partition coefficient (Wildman–Crippen LogP) is 3.24. The van der Waals surface area contributed by atoms with Crippen LogP contribution >= 0.6 is 0 Å². The Kier molecular flexibility index (Phi) is 3.56. The third kappa shape index (κ3) is 2.11. The molecule has 0 aliphatic carbocycles. The van der Waals surface area contributed by atoms with Gasteiger partial charge in [-0.15, -0.1) is 0 Å². The molecule has 1 fully saturated rings. The molecule has 22 heavy (non-hydrogen) atoms. The van der Waals surface area contributed by atoms with Crippen LogP contribution < -0.4 is 9.64 Å². The van der Waals surface area contributed by atoms with Gasteiger partial charge in [0.1, 0.15) is 5.75 Å². The van der Waals surface area contributed by atoms with Crippen molar-refractivity contribution < 1.29 is 9.53 Å². The average Bonchev–Trinajstić information content (AvgIpc) is 2.93. The second-order valence-corrected chi connectivity index (χ2v) is 5.27. The lowest BCUT2D eigenvalue weighted by Crippen LogP contribution is -2.42. The number of carbonyl (C=O) groups excluding carboxylic acids is 1. The molecule has 2 aromatic carbocycles. The molecule has 2 aromatic rings. The molecule has 0 bridgehead atoms. The monoisotopic (exact) mass is 292 g/mol. The molecule has 0 N–H and O–H groups in total. The number of carbonyl (C=O) groups is 1. The molecule has 1 aliphatic heterocycles. The van der Waals surface area contributed by atoms with E-state index >= 15 is 0 Å². The van der Waals surface area contributed by atoms with Gasteiger partial charge in [0, 0.05) is 12.1 Å². The molecule has 4 nitrogen and oxygen atoms in total. The van der Waals surface area contributed by atoms with E-state index in [1.54, 1.807) is 24.1 Å². The Bertz CT molecular complexity index is 719. The molecule has 3 rings (SSSR count). The minimum absolute atomic E-state index is 0.0319. The SMILES string of the molecule is COc1ccc(N2C(=O)CC[C@]2(C#N)c2ccccc2)cc1. The van der Waals surface area contributed by atoms with E-state index in [1.165, 1.54) is 0 Å². The molecule has 0 saturated carbocycles. The van der Waals surface area contributed by atoms with Crippen LogP contribution in [0.1, 0.15) is 18.4 Å². The van der Waals surface area contributed by atoms with Crippen molar-refractivity contribution in [1.29, 1.82) is 5.26 Å².